The van der Waals surface area contributed by atoms with Gasteiger partial charge in [-0.1, -0.05) is 30.3 Å². The van der Waals surface area contributed by atoms with E-state index in [1.807, 2.05) is 30.3 Å². The van der Waals surface area contributed by atoms with Crippen molar-refractivity contribution in [1.29, 1.82) is 0 Å². The van der Waals surface area contributed by atoms with Crippen LogP contribution in [0.5, 0.6) is 0 Å². The molecule has 0 N–H and O–H groups in total. The van der Waals surface area contributed by atoms with E-state index in [0.717, 1.165) is 5.56 Å². The number of hydrogen-bond donors (Lipinski definition) is 0. The minimum Gasteiger partial charge on any atom is -0.301 e. The Bertz CT molecular complexity index is 639. The summed E-state index contributed by atoms with van der Waals surface area (Å²) in [6.07, 6.45) is 0. The van der Waals surface area contributed by atoms with Crippen LogP contribution in [0.2, 0.25) is 0 Å². The second-order valence-electron chi connectivity index (χ2n) is 4.04. The molecule has 0 fully saturated rings. The molecule has 2 aromatic rings. The molecule has 0 aliphatic rings. The van der Waals surface area contributed by atoms with Gasteiger partial charge in [-0.2, -0.15) is 0 Å². The van der Waals surface area contributed by atoms with Crippen LogP contribution in [0.3, 0.4) is 0 Å². The molecule has 1 heterocycles. The summed E-state index contributed by atoms with van der Waals surface area (Å²) in [5.74, 6) is 0. The molecule has 1 aromatic heterocycles. The summed E-state index contributed by atoms with van der Waals surface area (Å²) in [7, 11) is 1.67. The van der Waals surface area contributed by atoms with E-state index in [1.54, 1.807) is 14.0 Å². The molecule has 0 saturated carbocycles. The minimum atomic E-state index is -0.279. The van der Waals surface area contributed by atoms with Gasteiger partial charge in [0.2, 0.25) is 0 Å². The summed E-state index contributed by atoms with van der Waals surface area (Å²) in [6, 6.07) is 10.9. The second kappa shape index (κ2) is 4.41. The lowest BCUT2D eigenvalue weighted by atomic mass is 10.2. The maximum Gasteiger partial charge on any atom is 0.331 e. The molecule has 0 bridgehead atoms. The van der Waals surface area contributed by atoms with Crippen molar-refractivity contribution in [3.05, 3.63) is 68.5 Å². The lowest BCUT2D eigenvalue weighted by molar-refractivity contribution is 0.627. The Balaban J connectivity index is 2.51. The summed E-state index contributed by atoms with van der Waals surface area (Å²) in [4.78, 5) is 23.7. The quantitative estimate of drug-likeness (QED) is 0.769. The fourth-order valence-corrected chi connectivity index (χ4v) is 1.69. The first-order valence-electron chi connectivity index (χ1n) is 5.41. The van der Waals surface area contributed by atoms with Crippen molar-refractivity contribution in [1.82, 2.24) is 9.13 Å². The first-order chi connectivity index (χ1) is 8.09. The molecule has 0 aliphatic heterocycles. The van der Waals surface area contributed by atoms with Gasteiger partial charge in [0, 0.05) is 18.8 Å². The van der Waals surface area contributed by atoms with E-state index in [1.165, 1.54) is 15.2 Å². The fraction of sp³-hybridized carbons (Fsp3) is 0.231. The monoisotopic (exact) mass is 230 g/mol. The molecule has 1 aromatic carbocycles. The fourth-order valence-electron chi connectivity index (χ4n) is 1.69. The maximum absolute atomic E-state index is 11.9. The third-order valence-corrected chi connectivity index (χ3v) is 2.83. The van der Waals surface area contributed by atoms with Crippen LogP contribution in [-0.4, -0.2) is 9.13 Å². The third-order valence-electron chi connectivity index (χ3n) is 2.83. The highest BCUT2D eigenvalue weighted by Gasteiger charge is 2.06. The molecule has 0 atom stereocenters. The molecule has 17 heavy (non-hydrogen) atoms. The van der Waals surface area contributed by atoms with Crippen LogP contribution in [0, 0.1) is 6.92 Å². The first kappa shape index (κ1) is 11.4. The van der Waals surface area contributed by atoms with Gasteiger partial charge in [0.1, 0.15) is 0 Å². The topological polar surface area (TPSA) is 44.0 Å². The average molecular weight is 230 g/mol. The smallest absolute Gasteiger partial charge is 0.301 e. The SMILES string of the molecule is Cc1cc(=O)n(Cc2ccccc2)c(=O)n1C. The number of rotatable bonds is 2. The number of hydrogen-bond acceptors (Lipinski definition) is 2. The van der Waals surface area contributed by atoms with E-state index in [-0.39, 0.29) is 11.2 Å². The number of aryl methyl sites for hydroxylation is 1. The molecule has 4 nitrogen and oxygen atoms in total. The van der Waals surface area contributed by atoms with Crippen molar-refractivity contribution in [3.8, 4) is 0 Å². The molecule has 0 aliphatic carbocycles. The standard InChI is InChI=1S/C13H14N2O2/c1-10-8-12(16)15(13(17)14(10)2)9-11-6-4-3-5-7-11/h3-8H,9H2,1-2H3. The number of nitrogens with zero attached hydrogens (tertiary/aromatic N) is 2. The predicted octanol–water partition coefficient (Wildman–Crippen LogP) is 0.904. The van der Waals surface area contributed by atoms with Crippen LogP contribution >= 0.6 is 0 Å². The Kier molecular flexibility index (Phi) is 2.95. The number of aromatic nitrogens is 2. The zero-order chi connectivity index (χ0) is 12.4. The van der Waals surface area contributed by atoms with Gasteiger partial charge in [0.05, 0.1) is 6.54 Å². The van der Waals surface area contributed by atoms with Crippen LogP contribution < -0.4 is 11.2 Å². The van der Waals surface area contributed by atoms with E-state index in [9.17, 15) is 9.59 Å². The third kappa shape index (κ3) is 2.20. The normalized spacial score (nSPS) is 10.5. The van der Waals surface area contributed by atoms with Gasteiger partial charge in [-0.3, -0.25) is 9.36 Å². The van der Waals surface area contributed by atoms with E-state index >= 15 is 0 Å². The van der Waals surface area contributed by atoms with Gasteiger partial charge in [0.15, 0.2) is 0 Å². The average Bonchev–Trinajstić information content (AvgIpc) is 2.33. The van der Waals surface area contributed by atoms with Crippen molar-refractivity contribution in [2.75, 3.05) is 0 Å². The van der Waals surface area contributed by atoms with Gasteiger partial charge in [0.25, 0.3) is 5.56 Å². The molecule has 2 rings (SSSR count). The molecule has 4 heteroatoms. The van der Waals surface area contributed by atoms with Crippen molar-refractivity contribution in [3.63, 3.8) is 0 Å². The summed E-state index contributed by atoms with van der Waals surface area (Å²) >= 11 is 0. The summed E-state index contributed by atoms with van der Waals surface area (Å²) in [6.45, 7) is 2.06. The largest absolute Gasteiger partial charge is 0.331 e. The van der Waals surface area contributed by atoms with Gasteiger partial charge < -0.3 is 4.57 Å². The minimum absolute atomic E-state index is 0.255. The van der Waals surface area contributed by atoms with Crippen molar-refractivity contribution >= 4 is 0 Å². The van der Waals surface area contributed by atoms with Crippen LogP contribution in [0.15, 0.2) is 46.0 Å². The molecule has 0 saturated heterocycles. The molecule has 88 valence electrons. The van der Waals surface area contributed by atoms with Crippen molar-refractivity contribution in [2.24, 2.45) is 7.05 Å². The van der Waals surface area contributed by atoms with Crippen LogP contribution in [0.1, 0.15) is 11.3 Å². The Morgan fingerprint density at radius 3 is 2.41 bits per heavy atom. The molecular weight excluding hydrogens is 216 g/mol. The van der Waals surface area contributed by atoms with Crippen LogP contribution in [-0.2, 0) is 13.6 Å². The van der Waals surface area contributed by atoms with E-state index in [2.05, 4.69) is 0 Å². The van der Waals surface area contributed by atoms with Crippen molar-refractivity contribution in [2.45, 2.75) is 13.5 Å². The molecule has 0 unspecified atom stereocenters. The van der Waals surface area contributed by atoms with Gasteiger partial charge >= 0.3 is 5.69 Å². The highest BCUT2D eigenvalue weighted by Crippen LogP contribution is 1.99. The zero-order valence-electron chi connectivity index (χ0n) is 9.88. The predicted molar refractivity (Wildman–Crippen MR) is 66.2 cm³/mol. The lowest BCUT2D eigenvalue weighted by Crippen LogP contribution is -2.39. The summed E-state index contributed by atoms with van der Waals surface area (Å²) < 4.78 is 2.71. The number of benzene rings is 1. The second-order valence-corrected chi connectivity index (χ2v) is 4.04. The van der Waals surface area contributed by atoms with Gasteiger partial charge in [-0.15, -0.1) is 0 Å². The lowest BCUT2D eigenvalue weighted by Gasteiger charge is -2.08. The molecule has 0 radical (unpaired) electrons. The van der Waals surface area contributed by atoms with Crippen LogP contribution in [0.4, 0.5) is 0 Å². The Morgan fingerprint density at radius 2 is 1.76 bits per heavy atom. The molecule has 0 amide bonds. The summed E-state index contributed by atoms with van der Waals surface area (Å²) in [5.41, 5.74) is 1.08. The molecular formula is C13H14N2O2. The zero-order valence-corrected chi connectivity index (χ0v) is 9.88. The van der Waals surface area contributed by atoms with Crippen molar-refractivity contribution < 1.29 is 0 Å². The van der Waals surface area contributed by atoms with E-state index in [4.69, 9.17) is 0 Å². The highest BCUT2D eigenvalue weighted by atomic mass is 16.2. The Labute approximate surface area is 98.8 Å². The van der Waals surface area contributed by atoms with E-state index < -0.39 is 0 Å². The Morgan fingerprint density at radius 1 is 1.12 bits per heavy atom. The highest BCUT2D eigenvalue weighted by molar-refractivity contribution is 5.15. The first-order valence-corrected chi connectivity index (χ1v) is 5.41. The molecule has 0 spiro atoms. The maximum atomic E-state index is 11.9. The van der Waals surface area contributed by atoms with Crippen LogP contribution in [0.25, 0.3) is 0 Å². The van der Waals surface area contributed by atoms with Gasteiger partial charge in [-0.25, -0.2) is 4.79 Å². The van der Waals surface area contributed by atoms with Gasteiger partial charge in [-0.05, 0) is 12.5 Å². The summed E-state index contributed by atoms with van der Waals surface area (Å²) in [5, 5.41) is 0. The Hall–Kier alpha value is -2.10. The van der Waals surface area contributed by atoms with E-state index in [0.29, 0.717) is 12.2 Å².